The summed E-state index contributed by atoms with van der Waals surface area (Å²) in [5.41, 5.74) is 0. The SMILES string of the molecule is CN=C(NCCN1CCCCCC1)N(C)CCOCC1CC1.I. The van der Waals surface area contributed by atoms with Crippen LogP contribution >= 0.6 is 24.0 Å². The van der Waals surface area contributed by atoms with Crippen molar-refractivity contribution in [3.8, 4) is 0 Å². The monoisotopic (exact) mass is 438 g/mol. The van der Waals surface area contributed by atoms with Gasteiger partial charge >= 0.3 is 0 Å². The van der Waals surface area contributed by atoms with Gasteiger partial charge in [-0.2, -0.15) is 0 Å². The van der Waals surface area contributed by atoms with E-state index in [1.165, 1.54) is 51.6 Å². The van der Waals surface area contributed by atoms with Gasteiger partial charge in [-0.15, -0.1) is 24.0 Å². The van der Waals surface area contributed by atoms with E-state index in [1.807, 2.05) is 7.05 Å². The second-order valence-electron chi connectivity index (χ2n) is 6.67. The highest BCUT2D eigenvalue weighted by Gasteiger charge is 2.21. The van der Waals surface area contributed by atoms with E-state index < -0.39 is 0 Å². The van der Waals surface area contributed by atoms with Crippen LogP contribution in [-0.4, -0.2) is 75.8 Å². The summed E-state index contributed by atoms with van der Waals surface area (Å²) in [6.45, 7) is 7.23. The van der Waals surface area contributed by atoms with Gasteiger partial charge in [-0.1, -0.05) is 12.8 Å². The average Bonchev–Trinajstić information content (AvgIpc) is 3.35. The van der Waals surface area contributed by atoms with Crippen LogP contribution in [0, 0.1) is 5.92 Å². The molecule has 5 nitrogen and oxygen atoms in total. The standard InChI is InChI=1S/C17H34N4O.HI/c1-18-17(20(2)13-14-22-15-16-7-8-16)19-9-12-21-10-5-3-4-6-11-21;/h16H,3-15H2,1-2H3,(H,18,19);1H. The zero-order valence-electron chi connectivity index (χ0n) is 14.9. The Labute approximate surface area is 159 Å². The maximum Gasteiger partial charge on any atom is 0.193 e. The van der Waals surface area contributed by atoms with Crippen molar-refractivity contribution in [2.24, 2.45) is 10.9 Å². The lowest BCUT2D eigenvalue weighted by atomic mass is 10.2. The normalized spacial score (nSPS) is 19.8. The van der Waals surface area contributed by atoms with E-state index in [1.54, 1.807) is 0 Å². The molecule has 2 fully saturated rings. The summed E-state index contributed by atoms with van der Waals surface area (Å²) in [4.78, 5) is 9.11. The number of aliphatic imine (C=N–C) groups is 1. The first-order chi connectivity index (χ1) is 10.8. The smallest absolute Gasteiger partial charge is 0.193 e. The lowest BCUT2D eigenvalue weighted by Gasteiger charge is -2.24. The van der Waals surface area contributed by atoms with E-state index in [0.717, 1.165) is 44.7 Å². The van der Waals surface area contributed by atoms with E-state index in [9.17, 15) is 0 Å². The van der Waals surface area contributed by atoms with Gasteiger partial charge in [0.25, 0.3) is 0 Å². The predicted molar refractivity (Wildman–Crippen MR) is 108 cm³/mol. The molecule has 0 aromatic rings. The van der Waals surface area contributed by atoms with Crippen molar-refractivity contribution in [2.45, 2.75) is 38.5 Å². The minimum atomic E-state index is 0. The number of hydrogen-bond acceptors (Lipinski definition) is 3. The maximum atomic E-state index is 5.70. The molecule has 0 spiro atoms. The Balaban J connectivity index is 0.00000264. The minimum Gasteiger partial charge on any atom is -0.379 e. The molecular weight excluding hydrogens is 403 g/mol. The van der Waals surface area contributed by atoms with Crippen molar-refractivity contribution in [2.75, 3.05) is 60.0 Å². The van der Waals surface area contributed by atoms with E-state index in [-0.39, 0.29) is 24.0 Å². The number of halogens is 1. The molecule has 1 aliphatic carbocycles. The maximum absolute atomic E-state index is 5.70. The van der Waals surface area contributed by atoms with Crippen molar-refractivity contribution in [1.29, 1.82) is 0 Å². The highest BCUT2D eigenvalue weighted by atomic mass is 127. The summed E-state index contributed by atoms with van der Waals surface area (Å²) < 4.78 is 5.70. The number of guanidine groups is 1. The third-order valence-electron chi connectivity index (χ3n) is 4.60. The first-order valence-corrected chi connectivity index (χ1v) is 9.01. The summed E-state index contributed by atoms with van der Waals surface area (Å²) in [7, 11) is 3.94. The first kappa shape index (κ1) is 21.0. The highest BCUT2D eigenvalue weighted by Crippen LogP contribution is 2.28. The predicted octanol–water partition coefficient (Wildman–Crippen LogP) is 2.41. The summed E-state index contributed by atoms with van der Waals surface area (Å²) >= 11 is 0. The number of nitrogens with one attached hydrogen (secondary N) is 1. The van der Waals surface area contributed by atoms with E-state index in [2.05, 4.69) is 27.2 Å². The van der Waals surface area contributed by atoms with Gasteiger partial charge in [0.1, 0.15) is 0 Å². The van der Waals surface area contributed by atoms with Crippen LogP contribution in [0.5, 0.6) is 0 Å². The van der Waals surface area contributed by atoms with Gasteiger partial charge in [-0.05, 0) is 44.7 Å². The van der Waals surface area contributed by atoms with Crippen LogP contribution in [0.4, 0.5) is 0 Å². The molecule has 6 heteroatoms. The lowest BCUT2D eigenvalue weighted by molar-refractivity contribution is 0.115. The fraction of sp³-hybridized carbons (Fsp3) is 0.941. The van der Waals surface area contributed by atoms with Crippen LogP contribution in [0.3, 0.4) is 0 Å². The van der Waals surface area contributed by atoms with Crippen LogP contribution in [0.15, 0.2) is 4.99 Å². The Morgan fingerprint density at radius 3 is 2.52 bits per heavy atom. The van der Waals surface area contributed by atoms with Gasteiger partial charge in [0.05, 0.1) is 6.61 Å². The zero-order valence-corrected chi connectivity index (χ0v) is 17.3. The molecule has 0 unspecified atom stereocenters. The van der Waals surface area contributed by atoms with Crippen LogP contribution in [-0.2, 0) is 4.74 Å². The summed E-state index contributed by atoms with van der Waals surface area (Å²) in [5, 5.41) is 3.48. The van der Waals surface area contributed by atoms with E-state index in [0.29, 0.717) is 0 Å². The molecule has 1 N–H and O–H groups in total. The van der Waals surface area contributed by atoms with Crippen molar-refractivity contribution in [3.05, 3.63) is 0 Å². The molecular formula is C17H35IN4O. The van der Waals surface area contributed by atoms with Crippen molar-refractivity contribution in [3.63, 3.8) is 0 Å². The minimum absolute atomic E-state index is 0. The van der Waals surface area contributed by atoms with Gasteiger partial charge in [0.2, 0.25) is 0 Å². The molecule has 2 aliphatic rings. The molecule has 0 aromatic carbocycles. The van der Waals surface area contributed by atoms with Crippen molar-refractivity contribution < 1.29 is 4.74 Å². The fourth-order valence-corrected chi connectivity index (χ4v) is 2.91. The molecule has 1 saturated carbocycles. The van der Waals surface area contributed by atoms with Gasteiger partial charge in [0.15, 0.2) is 5.96 Å². The molecule has 0 bridgehead atoms. The third kappa shape index (κ3) is 9.10. The Hall–Kier alpha value is -0.0800. The largest absolute Gasteiger partial charge is 0.379 e. The molecule has 2 rings (SSSR count). The van der Waals surface area contributed by atoms with Crippen LogP contribution in [0.2, 0.25) is 0 Å². The molecule has 23 heavy (non-hydrogen) atoms. The average molecular weight is 438 g/mol. The van der Waals surface area contributed by atoms with Crippen molar-refractivity contribution in [1.82, 2.24) is 15.1 Å². The summed E-state index contributed by atoms with van der Waals surface area (Å²) in [6.07, 6.45) is 8.22. The highest BCUT2D eigenvalue weighted by molar-refractivity contribution is 14.0. The summed E-state index contributed by atoms with van der Waals surface area (Å²) in [6, 6.07) is 0. The number of likely N-dealkylation sites (N-methyl/N-ethyl adjacent to an activating group) is 1. The molecule has 0 aromatic heterocycles. The Bertz CT molecular complexity index is 329. The number of likely N-dealkylation sites (tertiary alicyclic amines) is 1. The van der Waals surface area contributed by atoms with Crippen molar-refractivity contribution >= 4 is 29.9 Å². The van der Waals surface area contributed by atoms with Gasteiger partial charge in [-0.3, -0.25) is 4.99 Å². The number of hydrogen-bond donors (Lipinski definition) is 1. The molecule has 136 valence electrons. The van der Waals surface area contributed by atoms with Gasteiger partial charge in [0, 0.05) is 40.3 Å². The van der Waals surface area contributed by atoms with Crippen LogP contribution in [0.1, 0.15) is 38.5 Å². The zero-order chi connectivity index (χ0) is 15.6. The first-order valence-electron chi connectivity index (χ1n) is 9.01. The Kier molecular flexibility index (Phi) is 11.2. The summed E-state index contributed by atoms with van der Waals surface area (Å²) in [5.74, 6) is 1.82. The number of nitrogens with zero attached hydrogens (tertiary/aromatic N) is 3. The molecule has 1 heterocycles. The van der Waals surface area contributed by atoms with E-state index >= 15 is 0 Å². The van der Waals surface area contributed by atoms with Crippen LogP contribution in [0.25, 0.3) is 0 Å². The molecule has 1 aliphatic heterocycles. The molecule has 0 radical (unpaired) electrons. The van der Waals surface area contributed by atoms with Gasteiger partial charge < -0.3 is 19.9 Å². The number of rotatable bonds is 8. The Morgan fingerprint density at radius 2 is 1.91 bits per heavy atom. The van der Waals surface area contributed by atoms with E-state index in [4.69, 9.17) is 4.74 Å². The third-order valence-corrected chi connectivity index (χ3v) is 4.60. The molecule has 1 saturated heterocycles. The topological polar surface area (TPSA) is 40.1 Å². The quantitative estimate of drug-likeness (QED) is 0.274. The second-order valence-corrected chi connectivity index (χ2v) is 6.67. The Morgan fingerprint density at radius 1 is 1.22 bits per heavy atom. The molecule has 0 amide bonds. The second kappa shape index (κ2) is 12.3. The fourth-order valence-electron chi connectivity index (χ4n) is 2.91. The molecule has 0 atom stereocenters. The lowest BCUT2D eigenvalue weighted by Crippen LogP contribution is -2.43. The van der Waals surface area contributed by atoms with Gasteiger partial charge in [-0.25, -0.2) is 0 Å². The van der Waals surface area contributed by atoms with Crippen LogP contribution < -0.4 is 5.32 Å². The number of ether oxygens (including phenoxy) is 1.